The van der Waals surface area contributed by atoms with Crippen LogP contribution in [0.3, 0.4) is 0 Å². The number of aromatic nitrogens is 1. The summed E-state index contributed by atoms with van der Waals surface area (Å²) in [5.74, 6) is 2.11. The second-order valence-corrected chi connectivity index (χ2v) is 5.33. The van der Waals surface area contributed by atoms with Crippen molar-refractivity contribution in [1.29, 1.82) is 0 Å². The van der Waals surface area contributed by atoms with Gasteiger partial charge in [-0.3, -0.25) is 9.69 Å². The smallest absolute Gasteiger partial charge is 0.239 e. The third-order valence-corrected chi connectivity index (χ3v) is 4.60. The van der Waals surface area contributed by atoms with Crippen LogP contribution < -0.4 is 4.90 Å². The Morgan fingerprint density at radius 2 is 2.24 bits per heavy atom. The van der Waals surface area contributed by atoms with Gasteiger partial charge < -0.3 is 0 Å². The number of hydrogen-bond acceptors (Lipinski definition) is 3. The Labute approximate surface area is 107 Å². The Morgan fingerprint density at radius 1 is 1.47 bits per heavy atom. The summed E-state index contributed by atoms with van der Waals surface area (Å²) in [5.41, 5.74) is 0. The highest BCUT2D eigenvalue weighted by Crippen LogP contribution is 2.36. The standard InChI is InChI=1S/C13H18N2OS/c1-3-10(4-2)13-15(12(16)9-17-13)11-7-5-6-8-14-11/h5-8,10,13H,3-4,9H2,1-2H3. The van der Waals surface area contributed by atoms with Crippen molar-refractivity contribution in [3.8, 4) is 0 Å². The van der Waals surface area contributed by atoms with Crippen LogP contribution in [0, 0.1) is 5.92 Å². The molecule has 1 aromatic rings. The van der Waals surface area contributed by atoms with E-state index in [1.165, 1.54) is 0 Å². The van der Waals surface area contributed by atoms with Crippen LogP contribution in [0.2, 0.25) is 0 Å². The zero-order valence-corrected chi connectivity index (χ0v) is 11.1. The third-order valence-electron chi connectivity index (χ3n) is 3.25. The van der Waals surface area contributed by atoms with Crippen LogP contribution in [-0.4, -0.2) is 22.0 Å². The molecule has 2 rings (SSSR count). The first-order valence-corrected chi connectivity index (χ1v) is 7.17. The Kier molecular flexibility index (Phi) is 4.05. The van der Waals surface area contributed by atoms with E-state index in [-0.39, 0.29) is 11.3 Å². The Morgan fingerprint density at radius 3 is 2.82 bits per heavy atom. The molecule has 0 spiro atoms. The van der Waals surface area contributed by atoms with Crippen molar-refractivity contribution in [2.45, 2.75) is 32.1 Å². The van der Waals surface area contributed by atoms with Gasteiger partial charge in [-0.05, 0) is 18.1 Å². The molecule has 1 aromatic heterocycles. The van der Waals surface area contributed by atoms with Crippen LogP contribution in [0.15, 0.2) is 24.4 Å². The Balaban J connectivity index is 2.26. The highest BCUT2D eigenvalue weighted by atomic mass is 32.2. The second-order valence-electron chi connectivity index (χ2n) is 4.23. The number of carbonyl (C=O) groups is 1. The number of thioether (sulfide) groups is 1. The quantitative estimate of drug-likeness (QED) is 0.823. The van der Waals surface area contributed by atoms with Gasteiger partial charge in [0.2, 0.25) is 5.91 Å². The summed E-state index contributed by atoms with van der Waals surface area (Å²) in [4.78, 5) is 18.2. The van der Waals surface area contributed by atoms with Gasteiger partial charge in [0.1, 0.15) is 5.82 Å². The lowest BCUT2D eigenvalue weighted by atomic mass is 10.0. The fourth-order valence-electron chi connectivity index (χ4n) is 2.24. The molecule has 0 aliphatic carbocycles. The van der Waals surface area contributed by atoms with E-state index in [4.69, 9.17) is 0 Å². The van der Waals surface area contributed by atoms with Gasteiger partial charge in [0.15, 0.2) is 0 Å². The lowest BCUT2D eigenvalue weighted by Gasteiger charge is -2.28. The zero-order chi connectivity index (χ0) is 12.3. The number of nitrogens with zero attached hydrogens (tertiary/aromatic N) is 2. The molecule has 0 N–H and O–H groups in total. The normalized spacial score (nSPS) is 20.3. The van der Waals surface area contributed by atoms with Gasteiger partial charge in [0.25, 0.3) is 0 Å². The maximum atomic E-state index is 12.0. The number of hydrogen-bond donors (Lipinski definition) is 0. The van der Waals surface area contributed by atoms with E-state index in [0.29, 0.717) is 11.7 Å². The topological polar surface area (TPSA) is 33.2 Å². The number of pyridine rings is 1. The molecule has 4 heteroatoms. The van der Waals surface area contributed by atoms with E-state index in [1.807, 2.05) is 23.1 Å². The number of anilines is 1. The molecule has 1 unspecified atom stereocenters. The Bertz CT molecular complexity index is 378. The van der Waals surface area contributed by atoms with E-state index in [0.717, 1.165) is 18.7 Å². The number of amides is 1. The summed E-state index contributed by atoms with van der Waals surface area (Å²) >= 11 is 1.75. The molecule has 3 nitrogen and oxygen atoms in total. The van der Waals surface area contributed by atoms with Crippen LogP contribution in [0.25, 0.3) is 0 Å². The van der Waals surface area contributed by atoms with Gasteiger partial charge in [-0.25, -0.2) is 4.98 Å². The van der Waals surface area contributed by atoms with E-state index in [9.17, 15) is 4.79 Å². The van der Waals surface area contributed by atoms with E-state index >= 15 is 0 Å². The molecule has 92 valence electrons. The largest absolute Gasteiger partial charge is 0.283 e. The fourth-order valence-corrected chi connectivity index (χ4v) is 3.72. The highest BCUT2D eigenvalue weighted by Gasteiger charge is 2.37. The highest BCUT2D eigenvalue weighted by molar-refractivity contribution is 8.01. The average Bonchev–Trinajstić information content (AvgIpc) is 2.74. The molecule has 1 amide bonds. The molecule has 0 bridgehead atoms. The summed E-state index contributed by atoms with van der Waals surface area (Å²) in [5, 5.41) is 0.257. The summed E-state index contributed by atoms with van der Waals surface area (Å²) in [6.45, 7) is 4.38. The third kappa shape index (κ3) is 2.46. The molecule has 1 saturated heterocycles. The van der Waals surface area contributed by atoms with Crippen LogP contribution in [-0.2, 0) is 4.79 Å². The molecule has 1 aliphatic rings. The van der Waals surface area contributed by atoms with Crippen molar-refractivity contribution in [3.05, 3.63) is 24.4 Å². The molecule has 1 fully saturated rings. The number of carbonyl (C=O) groups excluding carboxylic acids is 1. The summed E-state index contributed by atoms with van der Waals surface area (Å²) in [6, 6.07) is 5.73. The summed E-state index contributed by atoms with van der Waals surface area (Å²) in [7, 11) is 0. The summed E-state index contributed by atoms with van der Waals surface area (Å²) < 4.78 is 0. The summed E-state index contributed by atoms with van der Waals surface area (Å²) in [6.07, 6.45) is 3.95. The van der Waals surface area contributed by atoms with Gasteiger partial charge >= 0.3 is 0 Å². The van der Waals surface area contributed by atoms with Gasteiger partial charge in [-0.2, -0.15) is 0 Å². The van der Waals surface area contributed by atoms with Crippen molar-refractivity contribution in [3.63, 3.8) is 0 Å². The van der Waals surface area contributed by atoms with E-state index in [2.05, 4.69) is 18.8 Å². The molecule has 2 heterocycles. The Hall–Kier alpha value is -1.03. The molecule has 17 heavy (non-hydrogen) atoms. The van der Waals surface area contributed by atoms with E-state index in [1.54, 1.807) is 18.0 Å². The van der Waals surface area contributed by atoms with Crippen molar-refractivity contribution in [2.24, 2.45) is 5.92 Å². The monoisotopic (exact) mass is 250 g/mol. The molecule has 0 aromatic carbocycles. The molecule has 1 aliphatic heterocycles. The predicted octanol–water partition coefficient (Wildman–Crippen LogP) is 2.92. The minimum absolute atomic E-state index is 0.186. The van der Waals surface area contributed by atoms with Crippen molar-refractivity contribution in [1.82, 2.24) is 4.98 Å². The molecular formula is C13H18N2OS. The first-order chi connectivity index (χ1) is 8.27. The minimum atomic E-state index is 0.186. The second kappa shape index (κ2) is 5.54. The van der Waals surface area contributed by atoms with Crippen molar-refractivity contribution >= 4 is 23.5 Å². The molecular weight excluding hydrogens is 232 g/mol. The zero-order valence-electron chi connectivity index (χ0n) is 10.3. The first kappa shape index (κ1) is 12.4. The lowest BCUT2D eigenvalue weighted by molar-refractivity contribution is -0.116. The predicted molar refractivity (Wildman–Crippen MR) is 72.0 cm³/mol. The molecule has 0 saturated carbocycles. The fraction of sp³-hybridized carbons (Fsp3) is 0.538. The number of rotatable bonds is 4. The van der Waals surface area contributed by atoms with Crippen molar-refractivity contribution < 1.29 is 4.79 Å². The average molecular weight is 250 g/mol. The maximum absolute atomic E-state index is 12.0. The maximum Gasteiger partial charge on any atom is 0.239 e. The molecule has 1 atom stereocenters. The van der Waals surface area contributed by atoms with Crippen LogP contribution in [0.5, 0.6) is 0 Å². The SMILES string of the molecule is CCC(CC)C1SCC(=O)N1c1ccccn1. The van der Waals surface area contributed by atoms with Crippen molar-refractivity contribution in [2.75, 3.05) is 10.7 Å². The minimum Gasteiger partial charge on any atom is -0.283 e. The van der Waals surface area contributed by atoms with Gasteiger partial charge in [0.05, 0.1) is 11.1 Å². The van der Waals surface area contributed by atoms with Gasteiger partial charge in [-0.1, -0.05) is 32.8 Å². The van der Waals surface area contributed by atoms with E-state index < -0.39 is 0 Å². The van der Waals surface area contributed by atoms with Gasteiger partial charge in [-0.15, -0.1) is 11.8 Å². The first-order valence-electron chi connectivity index (χ1n) is 6.12. The van der Waals surface area contributed by atoms with Gasteiger partial charge in [0, 0.05) is 6.20 Å². The van der Waals surface area contributed by atoms with Crippen LogP contribution in [0.4, 0.5) is 5.82 Å². The van der Waals surface area contributed by atoms with Crippen LogP contribution in [0.1, 0.15) is 26.7 Å². The van der Waals surface area contributed by atoms with Crippen LogP contribution >= 0.6 is 11.8 Å². The molecule has 0 radical (unpaired) electrons. The lowest BCUT2D eigenvalue weighted by Crippen LogP contribution is -2.37.